The Balaban J connectivity index is -0.00000240. The van der Waals surface area contributed by atoms with Crippen LogP contribution in [0, 0.1) is 3.57 Å². The fraction of sp³-hybridized carbons (Fsp3) is 0.556. The summed E-state index contributed by atoms with van der Waals surface area (Å²) >= 11 is 1.56. The van der Waals surface area contributed by atoms with Crippen molar-refractivity contribution >= 4 is 46.1 Å². The van der Waals surface area contributed by atoms with Crippen LogP contribution in [-0.2, 0) is 31.6 Å². The standard InChI is InChI=1S/C9H14IN2O15P3.4Na/c10-3-1-12(9(16)11-7(3)15)8-6(14)5(13)4(25-8)2-24-29(20,21)27-30(22,23)26-28(17,18)19;;;;/h1,4-6,8,13-14H,2H2,(H,20,21)(H,22,23)(H,11,15,16)(H2,17,18,19);;;;/q;4*+1/p-4/t4-,5-,6-,8-;;;;/m1..../s1. The number of phosphoric acid groups is 3. The van der Waals surface area contributed by atoms with Crippen molar-refractivity contribution in [2.75, 3.05) is 6.61 Å². The molecule has 1 fully saturated rings. The minimum Gasteiger partial charge on any atom is -0.790 e. The van der Waals surface area contributed by atoms with Gasteiger partial charge in [-0.3, -0.25) is 27.8 Å². The van der Waals surface area contributed by atoms with Gasteiger partial charge in [-0.2, -0.15) is 0 Å². The van der Waals surface area contributed by atoms with Crippen molar-refractivity contribution in [3.05, 3.63) is 30.6 Å². The van der Waals surface area contributed by atoms with E-state index in [9.17, 15) is 53.1 Å². The molecular formula is C9H10IN2Na4O15P3. The molecule has 1 aliphatic heterocycles. The molecule has 1 aromatic heterocycles. The first kappa shape index (κ1) is 42.2. The van der Waals surface area contributed by atoms with Gasteiger partial charge >= 0.3 is 124 Å². The van der Waals surface area contributed by atoms with Crippen LogP contribution in [-0.4, -0.2) is 44.7 Å². The molecule has 0 aliphatic carbocycles. The first-order chi connectivity index (χ1) is 13.5. The molecule has 34 heavy (non-hydrogen) atoms. The fourth-order valence-electron chi connectivity index (χ4n) is 2.19. The van der Waals surface area contributed by atoms with Gasteiger partial charge in [0.05, 0.1) is 18.0 Å². The van der Waals surface area contributed by atoms with E-state index < -0.39 is 65.9 Å². The topological polar surface area (TPSA) is 276 Å². The van der Waals surface area contributed by atoms with Crippen molar-refractivity contribution in [2.24, 2.45) is 0 Å². The summed E-state index contributed by atoms with van der Waals surface area (Å²) in [5.41, 5.74) is -1.76. The number of aliphatic hydroxyl groups excluding tert-OH is 2. The average Bonchev–Trinajstić information content (AvgIpc) is 2.81. The minimum absolute atomic E-state index is 0. The maximum absolute atomic E-state index is 11.9. The molecule has 2 rings (SSSR count). The molecule has 6 atom stereocenters. The molecule has 3 N–H and O–H groups in total. The van der Waals surface area contributed by atoms with Crippen LogP contribution in [0.2, 0.25) is 0 Å². The van der Waals surface area contributed by atoms with Gasteiger partial charge < -0.3 is 43.6 Å². The Morgan fingerprint density at radius 1 is 1.00 bits per heavy atom. The van der Waals surface area contributed by atoms with Gasteiger partial charge in [0.1, 0.15) is 18.3 Å². The molecule has 25 heteroatoms. The maximum Gasteiger partial charge on any atom is 1.00 e. The van der Waals surface area contributed by atoms with E-state index in [0.717, 1.165) is 6.20 Å². The third-order valence-electron chi connectivity index (χ3n) is 3.33. The van der Waals surface area contributed by atoms with E-state index in [1.165, 1.54) is 0 Å². The van der Waals surface area contributed by atoms with Crippen molar-refractivity contribution in [3.8, 4) is 0 Å². The summed E-state index contributed by atoms with van der Waals surface area (Å²) in [5.74, 6) is 0. The second-order valence-electron chi connectivity index (χ2n) is 5.49. The number of hydrogen-bond acceptors (Lipinski definition) is 15. The van der Waals surface area contributed by atoms with E-state index in [0.29, 0.717) is 4.57 Å². The Bertz CT molecular complexity index is 1070. The molecule has 0 amide bonds. The Hall–Kier alpha value is 3.70. The number of aromatic nitrogens is 2. The van der Waals surface area contributed by atoms with Gasteiger partial charge in [0.15, 0.2) is 6.23 Å². The summed E-state index contributed by atoms with van der Waals surface area (Å²) in [6.45, 7) is -1.17. The zero-order valence-electron chi connectivity index (χ0n) is 18.0. The van der Waals surface area contributed by atoms with Crippen molar-refractivity contribution < 1.29 is 180 Å². The molecule has 0 aromatic carbocycles. The first-order valence-corrected chi connectivity index (χ1v) is 12.7. The predicted molar refractivity (Wildman–Crippen MR) is 90.9 cm³/mol. The van der Waals surface area contributed by atoms with E-state index in [4.69, 9.17) is 4.74 Å². The third kappa shape index (κ3) is 12.9. The van der Waals surface area contributed by atoms with Gasteiger partial charge in [0.2, 0.25) is 0 Å². The van der Waals surface area contributed by atoms with Gasteiger partial charge in [-0.15, -0.1) is 0 Å². The zero-order chi connectivity index (χ0) is 23.1. The molecule has 1 aliphatic rings. The molecule has 0 bridgehead atoms. The Morgan fingerprint density at radius 3 is 2.03 bits per heavy atom. The second-order valence-corrected chi connectivity index (χ2v) is 10.9. The van der Waals surface area contributed by atoms with Crippen LogP contribution in [0.5, 0.6) is 0 Å². The summed E-state index contributed by atoms with van der Waals surface area (Å²) in [6.07, 6.45) is -5.94. The number of hydrogen-bond donors (Lipinski definition) is 3. The summed E-state index contributed by atoms with van der Waals surface area (Å²) in [6, 6.07) is 0. The Kier molecular flexibility index (Phi) is 20.9. The van der Waals surface area contributed by atoms with Gasteiger partial charge in [-0.1, -0.05) is 0 Å². The quantitative estimate of drug-likeness (QED) is 0.129. The van der Waals surface area contributed by atoms with E-state index in [1.807, 2.05) is 4.98 Å². The molecule has 0 radical (unpaired) electrons. The number of nitrogens with one attached hydrogen (secondary N) is 1. The van der Waals surface area contributed by atoms with Crippen LogP contribution in [0.4, 0.5) is 0 Å². The average molecular weight is 698 g/mol. The van der Waals surface area contributed by atoms with Crippen LogP contribution in [0.15, 0.2) is 15.8 Å². The van der Waals surface area contributed by atoms with Crippen LogP contribution in [0.3, 0.4) is 0 Å². The normalized spacial score (nSPS) is 25.4. The Morgan fingerprint density at radius 2 is 1.53 bits per heavy atom. The Labute approximate surface area is 292 Å². The summed E-state index contributed by atoms with van der Waals surface area (Å²) < 4.78 is 49.1. The minimum atomic E-state index is -6.17. The van der Waals surface area contributed by atoms with Crippen molar-refractivity contribution in [1.29, 1.82) is 0 Å². The van der Waals surface area contributed by atoms with Crippen molar-refractivity contribution in [1.82, 2.24) is 9.55 Å². The van der Waals surface area contributed by atoms with E-state index in [2.05, 4.69) is 13.1 Å². The van der Waals surface area contributed by atoms with Gasteiger partial charge in [-0.05, 0) is 22.6 Å². The SMILES string of the molecule is O=c1[nH]c(=O)n([C@@H]2O[C@H](COP(=O)([O-])OP(=O)([O-])OP(=O)([O-])[O-])[C@@H](O)[C@H]2O)cc1I.[Na+].[Na+].[Na+].[Na+]. The van der Waals surface area contributed by atoms with Crippen LogP contribution in [0.25, 0.3) is 0 Å². The summed E-state index contributed by atoms with van der Waals surface area (Å²) in [7, 11) is -18.2. The monoisotopic (exact) mass is 698 g/mol. The molecule has 17 nitrogen and oxygen atoms in total. The van der Waals surface area contributed by atoms with Crippen LogP contribution < -0.4 is 149 Å². The largest absolute Gasteiger partial charge is 1.00 e. The maximum atomic E-state index is 11.9. The second kappa shape index (κ2) is 16.8. The zero-order valence-corrected chi connectivity index (χ0v) is 30.8. The van der Waals surface area contributed by atoms with Crippen molar-refractivity contribution in [3.63, 3.8) is 0 Å². The van der Waals surface area contributed by atoms with Crippen LogP contribution >= 0.6 is 46.1 Å². The van der Waals surface area contributed by atoms with E-state index in [1.54, 1.807) is 22.6 Å². The molecule has 0 spiro atoms. The number of ether oxygens (including phenoxy) is 1. The van der Waals surface area contributed by atoms with Crippen molar-refractivity contribution in [2.45, 2.75) is 24.5 Å². The number of H-pyrrole nitrogens is 1. The predicted octanol–water partition coefficient (Wildman–Crippen LogP) is -16.4. The smallest absolute Gasteiger partial charge is 0.790 e. The number of rotatable bonds is 8. The molecule has 1 aromatic rings. The summed E-state index contributed by atoms with van der Waals surface area (Å²) in [4.78, 5) is 68.2. The number of aliphatic hydroxyl groups is 2. The molecule has 1 saturated heterocycles. The third-order valence-corrected chi connectivity index (χ3v) is 7.77. The summed E-state index contributed by atoms with van der Waals surface area (Å²) in [5, 5.41) is 20.0. The molecule has 0 saturated carbocycles. The number of halogens is 1. The van der Waals surface area contributed by atoms with Crippen LogP contribution in [0.1, 0.15) is 6.23 Å². The number of nitrogens with zero attached hydrogens (tertiary/aromatic N) is 1. The van der Waals surface area contributed by atoms with Gasteiger partial charge in [0, 0.05) is 6.20 Å². The van der Waals surface area contributed by atoms with Gasteiger partial charge in [0.25, 0.3) is 21.2 Å². The number of phosphoric ester groups is 1. The first-order valence-electron chi connectivity index (χ1n) is 7.25. The molecule has 2 unspecified atom stereocenters. The van der Waals surface area contributed by atoms with Gasteiger partial charge in [-0.25, -0.2) is 9.11 Å². The molecule has 2 heterocycles. The number of aromatic amines is 1. The fourth-order valence-corrected chi connectivity index (χ4v) is 5.49. The molecule has 172 valence electrons. The van der Waals surface area contributed by atoms with E-state index in [-0.39, 0.29) is 122 Å². The van der Waals surface area contributed by atoms with E-state index >= 15 is 0 Å². The molecular weight excluding hydrogens is 688 g/mol.